The van der Waals surface area contributed by atoms with Crippen LogP contribution in [0.1, 0.15) is 5.69 Å². The largest absolute Gasteiger partial charge is 0.435 e. The van der Waals surface area contributed by atoms with E-state index in [2.05, 4.69) is 25.1 Å². The third kappa shape index (κ3) is 1.80. The summed E-state index contributed by atoms with van der Waals surface area (Å²) in [7, 11) is 0. The molecule has 9 heteroatoms. The molecule has 2 aromatic heterocycles. The van der Waals surface area contributed by atoms with Crippen LogP contribution in [0.3, 0.4) is 0 Å². The van der Waals surface area contributed by atoms with E-state index in [4.69, 9.17) is 11.6 Å². The number of halogens is 4. The molecule has 0 aliphatic heterocycles. The standard InChI is InChI=1S/C6HClF3N5/c7-5-13-3(6(8,9)10)2-4(14-5)15-12-1-11-2/h1H. The molecule has 0 unspecified atom stereocenters. The van der Waals surface area contributed by atoms with Crippen LogP contribution in [0.25, 0.3) is 11.2 Å². The third-order valence-corrected chi connectivity index (χ3v) is 1.67. The van der Waals surface area contributed by atoms with Crippen LogP contribution in [0.2, 0.25) is 5.28 Å². The van der Waals surface area contributed by atoms with Crippen LogP contribution in [-0.2, 0) is 6.18 Å². The zero-order chi connectivity index (χ0) is 11.1. The van der Waals surface area contributed by atoms with Crippen LogP contribution in [0.4, 0.5) is 13.2 Å². The predicted octanol–water partition coefficient (Wildman–Crippen LogP) is 1.49. The highest BCUT2D eigenvalue weighted by Gasteiger charge is 2.36. The Morgan fingerprint density at radius 2 is 1.93 bits per heavy atom. The van der Waals surface area contributed by atoms with Gasteiger partial charge in [0.1, 0.15) is 11.8 Å². The zero-order valence-corrected chi connectivity index (χ0v) is 7.58. The first-order chi connectivity index (χ1) is 6.98. The summed E-state index contributed by atoms with van der Waals surface area (Å²) in [6, 6.07) is 0. The number of rotatable bonds is 0. The van der Waals surface area contributed by atoms with Crippen molar-refractivity contribution in [3.8, 4) is 0 Å². The molecule has 2 aromatic rings. The summed E-state index contributed by atoms with van der Waals surface area (Å²) in [5.74, 6) is 0. The predicted molar refractivity (Wildman–Crippen MR) is 42.9 cm³/mol. The van der Waals surface area contributed by atoms with Crippen molar-refractivity contribution < 1.29 is 13.2 Å². The Bertz CT molecular complexity index is 514. The van der Waals surface area contributed by atoms with Crippen molar-refractivity contribution in [3.63, 3.8) is 0 Å². The van der Waals surface area contributed by atoms with Crippen molar-refractivity contribution in [1.29, 1.82) is 0 Å². The lowest BCUT2D eigenvalue weighted by Crippen LogP contribution is -2.11. The Morgan fingerprint density at radius 3 is 2.60 bits per heavy atom. The van der Waals surface area contributed by atoms with Gasteiger partial charge in [-0.15, -0.1) is 10.2 Å². The number of hydrogen-bond acceptors (Lipinski definition) is 5. The minimum atomic E-state index is -4.65. The molecule has 0 fully saturated rings. The van der Waals surface area contributed by atoms with E-state index in [0.717, 1.165) is 6.33 Å². The summed E-state index contributed by atoms with van der Waals surface area (Å²) >= 11 is 5.31. The van der Waals surface area contributed by atoms with Crippen LogP contribution < -0.4 is 0 Å². The van der Waals surface area contributed by atoms with Crippen LogP contribution in [0.5, 0.6) is 0 Å². The fraction of sp³-hybridized carbons (Fsp3) is 0.167. The van der Waals surface area contributed by atoms with Gasteiger partial charge < -0.3 is 0 Å². The minimum absolute atomic E-state index is 0.287. The van der Waals surface area contributed by atoms with Crippen molar-refractivity contribution in [2.24, 2.45) is 0 Å². The molecule has 0 radical (unpaired) electrons. The fourth-order valence-electron chi connectivity index (χ4n) is 0.967. The summed E-state index contributed by atoms with van der Waals surface area (Å²) in [4.78, 5) is 9.95. The van der Waals surface area contributed by atoms with E-state index in [0.29, 0.717) is 0 Å². The van der Waals surface area contributed by atoms with E-state index >= 15 is 0 Å². The molecule has 0 atom stereocenters. The maximum Gasteiger partial charge on any atom is 0.435 e. The highest BCUT2D eigenvalue weighted by molar-refractivity contribution is 6.28. The fourth-order valence-corrected chi connectivity index (χ4v) is 1.13. The summed E-state index contributed by atoms with van der Waals surface area (Å²) in [6.07, 6.45) is -3.77. The van der Waals surface area contributed by atoms with Gasteiger partial charge in [0.15, 0.2) is 5.69 Å². The Balaban J connectivity index is 2.83. The van der Waals surface area contributed by atoms with E-state index < -0.39 is 22.7 Å². The Morgan fingerprint density at radius 1 is 1.20 bits per heavy atom. The number of alkyl halides is 3. The van der Waals surface area contributed by atoms with Crippen LogP contribution in [-0.4, -0.2) is 25.1 Å². The van der Waals surface area contributed by atoms with Gasteiger partial charge in [-0.05, 0) is 11.6 Å². The van der Waals surface area contributed by atoms with E-state index in [1.807, 2.05) is 0 Å². The molecule has 5 nitrogen and oxygen atoms in total. The summed E-state index contributed by atoms with van der Waals surface area (Å²) in [5, 5.41) is 6.12. The average molecular weight is 236 g/mol. The maximum absolute atomic E-state index is 12.5. The molecule has 0 saturated heterocycles. The molecular formula is C6HClF3N5. The molecule has 2 rings (SSSR count). The lowest BCUT2D eigenvalue weighted by atomic mass is 10.3. The lowest BCUT2D eigenvalue weighted by Gasteiger charge is -2.06. The first-order valence-corrected chi connectivity index (χ1v) is 3.94. The Kier molecular flexibility index (Phi) is 2.14. The second-order valence-electron chi connectivity index (χ2n) is 2.47. The van der Waals surface area contributed by atoms with Crippen molar-refractivity contribution in [3.05, 3.63) is 17.3 Å². The van der Waals surface area contributed by atoms with Gasteiger partial charge in [0.05, 0.1) is 0 Å². The van der Waals surface area contributed by atoms with E-state index in [-0.39, 0.29) is 5.65 Å². The third-order valence-electron chi connectivity index (χ3n) is 1.50. The second kappa shape index (κ2) is 3.23. The van der Waals surface area contributed by atoms with Gasteiger partial charge in [-0.1, -0.05) is 0 Å². The van der Waals surface area contributed by atoms with Gasteiger partial charge in [-0.25, -0.2) is 9.97 Å². The zero-order valence-electron chi connectivity index (χ0n) is 6.83. The first-order valence-electron chi connectivity index (χ1n) is 3.56. The van der Waals surface area contributed by atoms with Gasteiger partial charge >= 0.3 is 6.18 Å². The maximum atomic E-state index is 12.5. The summed E-state index contributed by atoms with van der Waals surface area (Å²) < 4.78 is 37.4. The van der Waals surface area contributed by atoms with E-state index in [1.165, 1.54) is 0 Å². The monoisotopic (exact) mass is 235 g/mol. The van der Waals surface area contributed by atoms with Crippen molar-refractivity contribution in [2.45, 2.75) is 6.18 Å². The molecule has 0 N–H and O–H groups in total. The summed E-state index contributed by atoms with van der Waals surface area (Å²) in [5.41, 5.74) is -1.97. The molecular weight excluding hydrogens is 235 g/mol. The first kappa shape index (κ1) is 9.97. The molecule has 0 aromatic carbocycles. The molecule has 0 bridgehead atoms. The molecule has 0 aliphatic rings. The molecule has 2 heterocycles. The number of nitrogens with zero attached hydrogens (tertiary/aromatic N) is 5. The van der Waals surface area contributed by atoms with Gasteiger partial charge in [0, 0.05) is 0 Å². The van der Waals surface area contributed by atoms with Gasteiger partial charge in [-0.2, -0.15) is 18.2 Å². The molecule has 0 saturated carbocycles. The van der Waals surface area contributed by atoms with Gasteiger partial charge in [-0.3, -0.25) is 0 Å². The van der Waals surface area contributed by atoms with Gasteiger partial charge in [0.25, 0.3) is 0 Å². The van der Waals surface area contributed by atoms with Gasteiger partial charge in [0.2, 0.25) is 10.9 Å². The number of aromatic nitrogens is 5. The normalized spacial score (nSPS) is 12.0. The quantitative estimate of drug-likeness (QED) is 0.647. The average Bonchev–Trinajstić information content (AvgIpc) is 2.15. The number of hydrogen-bond donors (Lipinski definition) is 0. The SMILES string of the molecule is FC(F)(F)c1nc(Cl)nc2nncnc12. The van der Waals surface area contributed by atoms with Crippen molar-refractivity contribution in [2.75, 3.05) is 0 Å². The summed E-state index contributed by atoms with van der Waals surface area (Å²) in [6.45, 7) is 0. The van der Waals surface area contributed by atoms with Crippen molar-refractivity contribution in [1.82, 2.24) is 25.1 Å². The minimum Gasteiger partial charge on any atom is -0.229 e. The number of fused-ring (bicyclic) bond motifs is 1. The molecule has 15 heavy (non-hydrogen) atoms. The highest BCUT2D eigenvalue weighted by atomic mass is 35.5. The Hall–Kier alpha value is -1.57. The van der Waals surface area contributed by atoms with E-state index in [9.17, 15) is 13.2 Å². The molecule has 0 amide bonds. The van der Waals surface area contributed by atoms with Crippen LogP contribution >= 0.6 is 11.6 Å². The topological polar surface area (TPSA) is 64.5 Å². The second-order valence-corrected chi connectivity index (χ2v) is 2.81. The molecule has 78 valence electrons. The molecule has 0 spiro atoms. The lowest BCUT2D eigenvalue weighted by molar-refractivity contribution is -0.140. The van der Waals surface area contributed by atoms with E-state index in [1.54, 1.807) is 0 Å². The van der Waals surface area contributed by atoms with Crippen molar-refractivity contribution >= 4 is 22.8 Å². The van der Waals surface area contributed by atoms with Crippen LogP contribution in [0, 0.1) is 0 Å². The Labute approximate surface area is 85.3 Å². The van der Waals surface area contributed by atoms with Crippen LogP contribution in [0.15, 0.2) is 6.33 Å². The molecule has 0 aliphatic carbocycles. The highest BCUT2D eigenvalue weighted by Crippen LogP contribution is 2.31. The smallest absolute Gasteiger partial charge is 0.229 e.